The van der Waals surface area contributed by atoms with Crippen molar-refractivity contribution in [2.45, 2.75) is 46.1 Å². The Morgan fingerprint density at radius 3 is 2.48 bits per heavy atom. The molecule has 0 unspecified atom stereocenters. The quantitative estimate of drug-likeness (QED) is 0.387. The third-order valence-electron chi connectivity index (χ3n) is 5.13. The molecular weight excluding hydrogens is 390 g/mol. The summed E-state index contributed by atoms with van der Waals surface area (Å²) in [4.78, 5) is 4.58. The van der Waals surface area contributed by atoms with Crippen LogP contribution in [0.1, 0.15) is 44.5 Å². The summed E-state index contributed by atoms with van der Waals surface area (Å²) in [7, 11) is 0. The summed E-state index contributed by atoms with van der Waals surface area (Å²) in [6.07, 6.45) is 4.38. The number of hydrogen-bond donors (Lipinski definition) is 1. The molecule has 0 radical (unpaired) electrons. The van der Waals surface area contributed by atoms with Crippen LogP contribution < -0.4 is 4.74 Å². The van der Waals surface area contributed by atoms with Crippen LogP contribution in [0.4, 0.5) is 0 Å². The van der Waals surface area contributed by atoms with Gasteiger partial charge in [-0.05, 0) is 40.5 Å². The van der Waals surface area contributed by atoms with Crippen molar-refractivity contribution < 1.29 is 4.74 Å². The molecule has 0 atom stereocenters. The Morgan fingerprint density at radius 2 is 1.77 bits per heavy atom. The minimum absolute atomic E-state index is 0.459. The SMILES string of the molecule is CCCCCc1nc(OCC)nn1Cc1ccc(-c2ccccc2-c2nnn[nH]2)cc1. The van der Waals surface area contributed by atoms with Crippen LogP contribution in [-0.4, -0.2) is 42.0 Å². The summed E-state index contributed by atoms with van der Waals surface area (Å²) in [5.74, 6) is 1.63. The zero-order chi connectivity index (χ0) is 21.5. The maximum absolute atomic E-state index is 5.53. The monoisotopic (exact) mass is 417 g/mol. The Labute approximate surface area is 181 Å². The maximum atomic E-state index is 5.53. The molecule has 0 saturated heterocycles. The number of rotatable bonds is 10. The van der Waals surface area contributed by atoms with Gasteiger partial charge < -0.3 is 4.74 Å². The number of nitrogens with one attached hydrogen (secondary N) is 1. The number of unbranched alkanes of at least 4 members (excludes halogenated alkanes) is 2. The van der Waals surface area contributed by atoms with Gasteiger partial charge in [-0.3, -0.25) is 0 Å². The Kier molecular flexibility index (Phi) is 6.66. The first-order valence-corrected chi connectivity index (χ1v) is 10.8. The van der Waals surface area contributed by atoms with Crippen molar-refractivity contribution in [3.63, 3.8) is 0 Å². The first-order valence-electron chi connectivity index (χ1n) is 10.8. The van der Waals surface area contributed by atoms with Gasteiger partial charge in [0.25, 0.3) is 0 Å². The number of nitrogens with zero attached hydrogens (tertiary/aromatic N) is 6. The second-order valence-electron chi connectivity index (χ2n) is 7.35. The van der Waals surface area contributed by atoms with E-state index in [0.29, 0.717) is 25.0 Å². The van der Waals surface area contributed by atoms with Gasteiger partial charge >= 0.3 is 6.01 Å². The van der Waals surface area contributed by atoms with Gasteiger partial charge in [0.1, 0.15) is 5.82 Å². The van der Waals surface area contributed by atoms with Gasteiger partial charge in [-0.25, -0.2) is 9.78 Å². The minimum atomic E-state index is 0.459. The van der Waals surface area contributed by atoms with Crippen molar-refractivity contribution in [1.29, 1.82) is 0 Å². The third-order valence-corrected chi connectivity index (χ3v) is 5.13. The highest BCUT2D eigenvalue weighted by molar-refractivity contribution is 5.80. The van der Waals surface area contributed by atoms with Gasteiger partial charge in [0, 0.05) is 12.0 Å². The molecular formula is C23H27N7O. The lowest BCUT2D eigenvalue weighted by atomic mass is 9.98. The Morgan fingerprint density at radius 1 is 0.968 bits per heavy atom. The fourth-order valence-corrected chi connectivity index (χ4v) is 3.56. The van der Waals surface area contributed by atoms with Crippen molar-refractivity contribution in [3.8, 4) is 28.5 Å². The lowest BCUT2D eigenvalue weighted by Crippen LogP contribution is -2.07. The summed E-state index contributed by atoms with van der Waals surface area (Å²) in [5.41, 5.74) is 4.31. The zero-order valence-electron chi connectivity index (χ0n) is 18.0. The van der Waals surface area contributed by atoms with E-state index < -0.39 is 0 Å². The fraction of sp³-hybridized carbons (Fsp3) is 0.348. The standard InChI is InChI=1S/C23H27N7O/c1-3-5-6-11-21-24-23(31-4-2)27-30(21)16-17-12-14-18(15-13-17)19-9-7-8-10-20(19)22-25-28-29-26-22/h7-10,12-15H,3-6,11,16H2,1-2H3,(H,25,26,28,29). The fourth-order valence-electron chi connectivity index (χ4n) is 3.56. The molecule has 0 saturated carbocycles. The van der Waals surface area contributed by atoms with Crippen molar-refractivity contribution in [3.05, 3.63) is 59.9 Å². The van der Waals surface area contributed by atoms with Gasteiger partial charge in [-0.15, -0.1) is 10.2 Å². The van der Waals surface area contributed by atoms with Crippen LogP contribution in [0.15, 0.2) is 48.5 Å². The first kappa shape index (κ1) is 20.7. The molecule has 160 valence electrons. The Bertz CT molecular complexity index is 1090. The van der Waals surface area contributed by atoms with E-state index in [-0.39, 0.29) is 0 Å². The van der Waals surface area contributed by atoms with Gasteiger partial charge in [0.15, 0.2) is 5.82 Å². The zero-order valence-corrected chi connectivity index (χ0v) is 18.0. The van der Waals surface area contributed by atoms with Gasteiger partial charge in [0.2, 0.25) is 0 Å². The second kappa shape index (κ2) is 9.97. The molecule has 1 N–H and O–H groups in total. The molecule has 0 fully saturated rings. The molecule has 0 spiro atoms. The first-order chi connectivity index (χ1) is 15.3. The predicted octanol–water partition coefficient (Wildman–Crippen LogP) is 4.30. The minimum Gasteiger partial charge on any atom is -0.463 e. The predicted molar refractivity (Wildman–Crippen MR) is 119 cm³/mol. The molecule has 0 bridgehead atoms. The van der Waals surface area contributed by atoms with Crippen LogP contribution in [0.25, 0.3) is 22.5 Å². The van der Waals surface area contributed by atoms with Crippen LogP contribution in [0, 0.1) is 0 Å². The van der Waals surface area contributed by atoms with Crippen LogP contribution in [0.3, 0.4) is 0 Å². The molecule has 0 aliphatic heterocycles. The van der Waals surface area contributed by atoms with E-state index in [1.54, 1.807) is 0 Å². The molecule has 8 nitrogen and oxygen atoms in total. The van der Waals surface area contributed by atoms with Crippen molar-refractivity contribution >= 4 is 0 Å². The van der Waals surface area contributed by atoms with Crippen molar-refractivity contribution in [1.82, 2.24) is 35.4 Å². The molecule has 2 heterocycles. The smallest absolute Gasteiger partial charge is 0.335 e. The van der Waals surface area contributed by atoms with Crippen LogP contribution >= 0.6 is 0 Å². The summed E-state index contributed by atoms with van der Waals surface area (Å²) >= 11 is 0. The van der Waals surface area contributed by atoms with Crippen molar-refractivity contribution in [2.24, 2.45) is 0 Å². The van der Waals surface area contributed by atoms with E-state index >= 15 is 0 Å². The average molecular weight is 418 g/mol. The number of tetrazole rings is 1. The molecule has 2 aromatic heterocycles. The highest BCUT2D eigenvalue weighted by Gasteiger charge is 2.13. The lowest BCUT2D eigenvalue weighted by Gasteiger charge is -2.09. The summed E-state index contributed by atoms with van der Waals surface area (Å²) in [5, 5.41) is 18.9. The lowest BCUT2D eigenvalue weighted by molar-refractivity contribution is 0.311. The van der Waals surface area contributed by atoms with Crippen LogP contribution in [0.5, 0.6) is 6.01 Å². The molecule has 2 aromatic carbocycles. The number of aromatic amines is 1. The van der Waals surface area contributed by atoms with Crippen molar-refractivity contribution in [2.75, 3.05) is 6.61 Å². The van der Waals surface area contributed by atoms with Crippen LogP contribution in [-0.2, 0) is 13.0 Å². The van der Waals surface area contributed by atoms with Gasteiger partial charge in [-0.1, -0.05) is 68.3 Å². The van der Waals surface area contributed by atoms with E-state index in [1.807, 2.05) is 29.8 Å². The number of hydrogen-bond acceptors (Lipinski definition) is 6. The van der Waals surface area contributed by atoms with Gasteiger partial charge in [0.05, 0.1) is 13.2 Å². The van der Waals surface area contributed by atoms with E-state index in [1.165, 1.54) is 12.8 Å². The molecule has 0 amide bonds. The van der Waals surface area contributed by atoms with Gasteiger partial charge in [-0.2, -0.15) is 4.98 Å². The number of benzene rings is 2. The average Bonchev–Trinajstić information content (AvgIpc) is 3.46. The van der Waals surface area contributed by atoms with E-state index in [9.17, 15) is 0 Å². The number of aryl methyl sites for hydroxylation is 1. The van der Waals surface area contributed by atoms with Crippen LogP contribution in [0.2, 0.25) is 0 Å². The summed E-state index contributed by atoms with van der Waals surface area (Å²) in [6.45, 7) is 5.38. The highest BCUT2D eigenvalue weighted by atomic mass is 16.5. The third kappa shape index (κ3) is 4.96. The molecule has 8 heteroatoms. The molecule has 4 aromatic rings. The molecule has 0 aliphatic carbocycles. The molecule has 4 rings (SSSR count). The topological polar surface area (TPSA) is 94.4 Å². The Balaban J connectivity index is 1.55. The normalized spacial score (nSPS) is 11.0. The van der Waals surface area contributed by atoms with E-state index in [4.69, 9.17) is 4.74 Å². The Hall–Kier alpha value is -3.55. The number of ether oxygens (including phenoxy) is 1. The molecule has 31 heavy (non-hydrogen) atoms. The summed E-state index contributed by atoms with van der Waals surface area (Å²) in [6, 6.07) is 17.0. The van der Waals surface area contributed by atoms with E-state index in [0.717, 1.165) is 40.9 Å². The molecule has 0 aliphatic rings. The largest absolute Gasteiger partial charge is 0.463 e. The number of H-pyrrole nitrogens is 1. The van der Waals surface area contributed by atoms with E-state index in [2.05, 4.69) is 68.0 Å². The number of aromatic nitrogens is 7. The summed E-state index contributed by atoms with van der Waals surface area (Å²) < 4.78 is 7.50. The maximum Gasteiger partial charge on any atom is 0.335 e. The highest BCUT2D eigenvalue weighted by Crippen LogP contribution is 2.29. The second-order valence-corrected chi connectivity index (χ2v) is 7.35.